The van der Waals surface area contributed by atoms with Crippen LogP contribution in [0.1, 0.15) is 66.9 Å². The monoisotopic (exact) mass is 492 g/mol. The Bertz CT molecular complexity index is 1000. The average molecular weight is 493 g/mol. The van der Waals surface area contributed by atoms with Crippen molar-refractivity contribution < 1.29 is 28.2 Å². The van der Waals surface area contributed by atoms with Gasteiger partial charge in [0, 0.05) is 18.2 Å². The molecule has 0 saturated heterocycles. The Morgan fingerprint density at radius 3 is 2.49 bits per heavy atom. The van der Waals surface area contributed by atoms with Crippen molar-refractivity contribution in [2.45, 2.75) is 79.0 Å². The van der Waals surface area contributed by atoms with Gasteiger partial charge in [0.2, 0.25) is 0 Å². The van der Waals surface area contributed by atoms with Crippen molar-refractivity contribution >= 4 is 29.3 Å². The normalized spacial score (nSPS) is 20.9. The Kier molecular flexibility index (Phi) is 8.78. The van der Waals surface area contributed by atoms with E-state index in [1.54, 1.807) is 45.9 Å². The van der Waals surface area contributed by atoms with Crippen LogP contribution in [0.15, 0.2) is 29.4 Å². The first-order valence-electron chi connectivity index (χ1n) is 11.5. The van der Waals surface area contributed by atoms with Crippen LogP contribution in [0.25, 0.3) is 5.70 Å². The van der Waals surface area contributed by atoms with Crippen LogP contribution in [0.2, 0.25) is 0 Å². The van der Waals surface area contributed by atoms with Gasteiger partial charge in [-0.15, -0.1) is 0 Å². The second kappa shape index (κ2) is 10.8. The van der Waals surface area contributed by atoms with Gasteiger partial charge in [0.25, 0.3) is 5.85 Å². The fraction of sp³-hybridized carbons (Fsp3) is 0.600. The molecule has 1 aliphatic rings. The number of alkyl halides is 1. The molecule has 0 aromatic carbocycles. The molecular formula is C25H37FN4O5. The number of amides is 1. The largest absolute Gasteiger partial charge is 0.459 e. The number of pyridine rings is 1. The lowest BCUT2D eigenvalue weighted by Gasteiger charge is -2.40. The summed E-state index contributed by atoms with van der Waals surface area (Å²) in [6, 6.07) is 3.28. The fourth-order valence-electron chi connectivity index (χ4n) is 3.70. The van der Waals surface area contributed by atoms with Gasteiger partial charge in [-0.3, -0.25) is 15.1 Å². The third-order valence-electron chi connectivity index (χ3n) is 5.50. The quantitative estimate of drug-likeness (QED) is 0.393. The topological polar surface area (TPSA) is 125 Å². The summed E-state index contributed by atoms with van der Waals surface area (Å²) < 4.78 is 31.8. The Balaban J connectivity index is 2.25. The number of halogens is 1. The highest BCUT2D eigenvalue weighted by molar-refractivity contribution is 5.96. The molecule has 0 aliphatic carbocycles. The van der Waals surface area contributed by atoms with Gasteiger partial charge in [-0.25, -0.2) is 14.2 Å². The summed E-state index contributed by atoms with van der Waals surface area (Å²) in [6.45, 7) is 12.3. The van der Waals surface area contributed by atoms with Crippen molar-refractivity contribution in [3.05, 3.63) is 30.0 Å². The minimum atomic E-state index is -2.30. The highest BCUT2D eigenvalue weighted by Gasteiger charge is 2.49. The molecule has 0 spiro atoms. The lowest BCUT2D eigenvalue weighted by Crippen LogP contribution is -2.54. The van der Waals surface area contributed by atoms with Gasteiger partial charge in [0.05, 0.1) is 18.5 Å². The molecule has 3 N–H and O–H groups in total. The molecule has 0 radical (unpaired) electrons. The number of aromatic nitrogens is 1. The van der Waals surface area contributed by atoms with Crippen molar-refractivity contribution in [3.63, 3.8) is 0 Å². The first kappa shape index (κ1) is 28.4. The molecule has 1 aromatic rings. The Morgan fingerprint density at radius 2 is 1.94 bits per heavy atom. The van der Waals surface area contributed by atoms with E-state index >= 15 is 4.39 Å². The molecule has 194 valence electrons. The number of aliphatic imine (C=N–C) groups is 1. The van der Waals surface area contributed by atoms with E-state index in [2.05, 4.69) is 20.0 Å². The average Bonchev–Trinajstić information content (AvgIpc) is 2.74. The molecule has 2 heterocycles. The van der Waals surface area contributed by atoms with Gasteiger partial charge in [-0.05, 0) is 59.1 Å². The third-order valence-corrected chi connectivity index (χ3v) is 5.50. The summed E-state index contributed by atoms with van der Waals surface area (Å²) in [6.07, 6.45) is 1.31. The van der Waals surface area contributed by atoms with E-state index in [9.17, 15) is 9.59 Å². The number of esters is 1. The SMILES string of the molecule is COC(=O)Nc1cc(C2=CC[C@@](F)(OC(N)C(C)(CC(C)C)C(=O)OC(C)(C)C)C(C)=N2)ccn1. The van der Waals surface area contributed by atoms with Crippen molar-refractivity contribution in [2.75, 3.05) is 12.4 Å². The maximum Gasteiger partial charge on any atom is 0.412 e. The second-order valence-electron chi connectivity index (χ2n) is 10.3. The lowest BCUT2D eigenvalue weighted by atomic mass is 9.80. The van der Waals surface area contributed by atoms with E-state index in [0.29, 0.717) is 17.7 Å². The summed E-state index contributed by atoms with van der Waals surface area (Å²) >= 11 is 0. The van der Waals surface area contributed by atoms with Crippen molar-refractivity contribution in [2.24, 2.45) is 22.1 Å². The summed E-state index contributed by atoms with van der Waals surface area (Å²) in [4.78, 5) is 33.0. The number of ether oxygens (including phenoxy) is 3. The van der Waals surface area contributed by atoms with E-state index < -0.39 is 35.2 Å². The second-order valence-corrected chi connectivity index (χ2v) is 10.3. The first-order chi connectivity index (χ1) is 16.1. The maximum atomic E-state index is 16.0. The van der Waals surface area contributed by atoms with Crippen LogP contribution < -0.4 is 11.1 Å². The van der Waals surface area contributed by atoms with E-state index in [1.807, 2.05) is 13.8 Å². The zero-order valence-electron chi connectivity index (χ0n) is 21.8. The molecule has 9 nitrogen and oxygen atoms in total. The molecule has 2 unspecified atom stereocenters. The molecule has 1 amide bonds. The standard InChI is InChI=1S/C25H37FN4O5/c1-15(2)14-24(7,21(31)35-23(4,5)6)20(27)34-25(26)11-9-18(29-16(25)3)17-10-12-28-19(13-17)30-22(32)33-8/h9-10,12-13,15,20H,11,14,27H2,1-8H3,(H,28,30,32)/t20?,24?,25-/m1/s1. The zero-order valence-corrected chi connectivity index (χ0v) is 21.8. The van der Waals surface area contributed by atoms with Crippen LogP contribution in [-0.4, -0.2) is 47.6 Å². The number of nitrogens with two attached hydrogens (primary N) is 1. The van der Waals surface area contributed by atoms with Crippen molar-refractivity contribution in [1.29, 1.82) is 0 Å². The minimum absolute atomic E-state index is 0.0563. The Morgan fingerprint density at radius 1 is 1.29 bits per heavy atom. The van der Waals surface area contributed by atoms with E-state index in [0.717, 1.165) is 0 Å². The summed E-state index contributed by atoms with van der Waals surface area (Å²) in [7, 11) is 1.25. The van der Waals surface area contributed by atoms with Gasteiger partial charge in [0.1, 0.15) is 23.1 Å². The summed E-state index contributed by atoms with van der Waals surface area (Å²) in [5.41, 5.74) is 5.49. The number of hydrogen-bond donors (Lipinski definition) is 2. The van der Waals surface area contributed by atoms with Crippen LogP contribution in [-0.2, 0) is 19.0 Å². The van der Waals surface area contributed by atoms with E-state index in [4.69, 9.17) is 15.2 Å². The highest BCUT2D eigenvalue weighted by atomic mass is 19.2. The van der Waals surface area contributed by atoms with Crippen LogP contribution in [0.5, 0.6) is 0 Å². The number of rotatable bonds is 8. The molecule has 35 heavy (non-hydrogen) atoms. The molecule has 10 heteroatoms. The number of anilines is 1. The Hall–Kier alpha value is -2.85. The number of nitrogens with zero attached hydrogens (tertiary/aromatic N) is 2. The van der Waals surface area contributed by atoms with Crippen LogP contribution >= 0.6 is 0 Å². The van der Waals surface area contributed by atoms with Crippen LogP contribution in [0.4, 0.5) is 15.0 Å². The summed E-state index contributed by atoms with van der Waals surface area (Å²) in [5, 5.41) is 2.48. The predicted molar refractivity (Wildman–Crippen MR) is 132 cm³/mol. The van der Waals surface area contributed by atoms with Gasteiger partial charge in [0.15, 0.2) is 0 Å². The smallest absolute Gasteiger partial charge is 0.412 e. The van der Waals surface area contributed by atoms with Crippen LogP contribution in [0.3, 0.4) is 0 Å². The Labute approximate surface area is 206 Å². The maximum absolute atomic E-state index is 16.0. The zero-order chi connectivity index (χ0) is 26.6. The third kappa shape index (κ3) is 7.32. The number of hydrogen-bond acceptors (Lipinski definition) is 8. The number of methoxy groups -OCH3 is 1. The molecular weight excluding hydrogens is 455 g/mol. The van der Waals surface area contributed by atoms with E-state index in [-0.39, 0.29) is 23.9 Å². The number of nitrogens with one attached hydrogen (secondary N) is 1. The van der Waals surface area contributed by atoms with Crippen LogP contribution in [0, 0.1) is 11.3 Å². The number of carbonyl (C=O) groups is 2. The molecule has 0 saturated carbocycles. The minimum Gasteiger partial charge on any atom is -0.459 e. The molecule has 0 bridgehead atoms. The van der Waals surface area contributed by atoms with E-state index in [1.165, 1.54) is 20.2 Å². The molecule has 0 fully saturated rings. The van der Waals surface area contributed by atoms with Gasteiger partial charge in [-0.2, -0.15) is 0 Å². The molecule has 1 aromatic heterocycles. The predicted octanol–water partition coefficient (Wildman–Crippen LogP) is 4.83. The first-order valence-corrected chi connectivity index (χ1v) is 11.5. The molecule has 2 rings (SSSR count). The van der Waals surface area contributed by atoms with Crippen molar-refractivity contribution in [1.82, 2.24) is 4.98 Å². The van der Waals surface area contributed by atoms with Gasteiger partial charge < -0.3 is 19.9 Å². The summed E-state index contributed by atoms with van der Waals surface area (Å²) in [5.74, 6) is -2.49. The van der Waals surface area contributed by atoms with Gasteiger partial charge in [-0.1, -0.05) is 19.9 Å². The highest BCUT2D eigenvalue weighted by Crippen LogP contribution is 2.38. The van der Waals surface area contributed by atoms with Crippen molar-refractivity contribution in [3.8, 4) is 0 Å². The number of carbonyl (C=O) groups excluding carboxylic acids is 2. The molecule has 3 atom stereocenters. The van der Waals surface area contributed by atoms with Gasteiger partial charge >= 0.3 is 12.1 Å². The lowest BCUT2D eigenvalue weighted by molar-refractivity contribution is -0.198. The fourth-order valence-corrected chi connectivity index (χ4v) is 3.70. The molecule has 1 aliphatic heterocycles.